The van der Waals surface area contributed by atoms with E-state index in [-0.39, 0.29) is 11.1 Å². The number of aromatic nitrogens is 2. The summed E-state index contributed by atoms with van der Waals surface area (Å²) in [5, 5.41) is 0.0342. The molecule has 1 heterocycles. The van der Waals surface area contributed by atoms with Gasteiger partial charge in [0.2, 0.25) is 0 Å². The first-order valence-electron chi connectivity index (χ1n) is 7.46. The van der Waals surface area contributed by atoms with Gasteiger partial charge in [0, 0.05) is 18.6 Å². The number of imidazole rings is 1. The van der Waals surface area contributed by atoms with E-state index in [1.54, 1.807) is 16.2 Å². The fourth-order valence-corrected chi connectivity index (χ4v) is 5.10. The van der Waals surface area contributed by atoms with Crippen molar-refractivity contribution in [3.63, 3.8) is 0 Å². The third-order valence-electron chi connectivity index (χ3n) is 5.38. The summed E-state index contributed by atoms with van der Waals surface area (Å²) in [5.41, 5.74) is 3.02. The summed E-state index contributed by atoms with van der Waals surface area (Å²) in [4.78, 5) is 12.1. The molecule has 21 heavy (non-hydrogen) atoms. The molecule has 2 aromatic rings. The summed E-state index contributed by atoms with van der Waals surface area (Å²) in [7, 11) is 3.62. The van der Waals surface area contributed by atoms with Crippen molar-refractivity contribution in [1.29, 1.82) is 0 Å². The molecule has 2 aliphatic carbocycles. The molecule has 1 aromatic carbocycles. The van der Waals surface area contributed by atoms with Crippen LogP contribution in [0.3, 0.4) is 0 Å². The SMILES string of the molecule is Cn1c(=O)n(C)c2cc(C(Cl)C3CC4CC4C3)c(Br)cc21. The summed E-state index contributed by atoms with van der Waals surface area (Å²) in [6, 6.07) is 4.11. The summed E-state index contributed by atoms with van der Waals surface area (Å²) >= 11 is 10.4. The van der Waals surface area contributed by atoms with E-state index in [9.17, 15) is 4.79 Å². The lowest BCUT2D eigenvalue weighted by atomic mass is 9.94. The Bertz CT molecular complexity index is 784. The lowest BCUT2D eigenvalue weighted by Crippen LogP contribution is -2.19. The molecule has 0 spiro atoms. The molecular formula is C16H18BrClN2O. The fourth-order valence-electron chi connectivity index (χ4n) is 4.00. The van der Waals surface area contributed by atoms with Crippen LogP contribution in [0.15, 0.2) is 21.4 Å². The number of halogens is 2. The van der Waals surface area contributed by atoms with Crippen LogP contribution in [0.5, 0.6) is 0 Å². The standard InChI is InChI=1S/C16H18BrClN2O/c1-19-13-6-11(12(17)7-14(13)20(2)16(19)21)15(18)10-4-8-3-9(8)5-10/h6-10,15H,3-5H2,1-2H3. The van der Waals surface area contributed by atoms with Crippen LogP contribution in [-0.2, 0) is 14.1 Å². The molecule has 0 N–H and O–H groups in total. The number of nitrogens with zero attached hydrogens (tertiary/aromatic N) is 2. The van der Waals surface area contributed by atoms with Crippen LogP contribution in [-0.4, -0.2) is 9.13 Å². The van der Waals surface area contributed by atoms with Crippen molar-refractivity contribution >= 4 is 38.6 Å². The van der Waals surface area contributed by atoms with Crippen LogP contribution in [0, 0.1) is 17.8 Å². The Hall–Kier alpha value is -0.740. The smallest absolute Gasteiger partial charge is 0.295 e. The average Bonchev–Trinajstić information content (AvgIpc) is 3.03. The van der Waals surface area contributed by atoms with Gasteiger partial charge < -0.3 is 0 Å². The third kappa shape index (κ3) is 2.02. The van der Waals surface area contributed by atoms with Crippen LogP contribution in [0.1, 0.15) is 30.2 Å². The minimum atomic E-state index is 0.00211. The molecular weight excluding hydrogens is 352 g/mol. The predicted octanol–water partition coefficient (Wildman–Crippen LogP) is 3.97. The zero-order valence-electron chi connectivity index (χ0n) is 12.1. The molecule has 0 aliphatic heterocycles. The van der Waals surface area contributed by atoms with Gasteiger partial charge in [-0.2, -0.15) is 0 Å². The first-order valence-corrected chi connectivity index (χ1v) is 8.69. The van der Waals surface area contributed by atoms with E-state index in [0.29, 0.717) is 5.92 Å². The van der Waals surface area contributed by atoms with E-state index in [1.165, 1.54) is 19.3 Å². The zero-order chi connectivity index (χ0) is 14.9. The van der Waals surface area contributed by atoms with Crippen LogP contribution >= 0.6 is 27.5 Å². The van der Waals surface area contributed by atoms with E-state index in [1.807, 2.05) is 13.1 Å². The minimum Gasteiger partial charge on any atom is -0.295 e. The van der Waals surface area contributed by atoms with E-state index in [0.717, 1.165) is 32.9 Å². The molecule has 3 nitrogen and oxygen atoms in total. The number of fused-ring (bicyclic) bond motifs is 2. The molecule has 112 valence electrons. The number of alkyl halides is 1. The van der Waals surface area contributed by atoms with E-state index in [2.05, 4.69) is 22.0 Å². The molecule has 0 amide bonds. The second kappa shape index (κ2) is 4.63. The Kier molecular flexibility index (Phi) is 3.06. The third-order valence-corrected chi connectivity index (χ3v) is 6.66. The van der Waals surface area contributed by atoms with Crippen molar-refractivity contribution in [2.75, 3.05) is 0 Å². The first kappa shape index (κ1) is 13.9. The van der Waals surface area contributed by atoms with Crippen molar-refractivity contribution in [1.82, 2.24) is 9.13 Å². The Morgan fingerprint density at radius 2 is 1.71 bits per heavy atom. The molecule has 2 fully saturated rings. The molecule has 0 saturated heterocycles. The zero-order valence-corrected chi connectivity index (χ0v) is 14.5. The lowest BCUT2D eigenvalue weighted by molar-refractivity contribution is 0.471. The van der Waals surface area contributed by atoms with Crippen LogP contribution in [0.25, 0.3) is 11.0 Å². The quantitative estimate of drug-likeness (QED) is 0.736. The Morgan fingerprint density at radius 3 is 2.33 bits per heavy atom. The molecule has 1 aromatic heterocycles. The summed E-state index contributed by atoms with van der Waals surface area (Å²) in [6.07, 6.45) is 3.93. The first-order chi connectivity index (χ1) is 9.97. The lowest BCUT2D eigenvalue weighted by Gasteiger charge is -2.20. The van der Waals surface area contributed by atoms with Crippen molar-refractivity contribution in [2.45, 2.75) is 24.6 Å². The molecule has 5 heteroatoms. The number of rotatable bonds is 2. The van der Waals surface area contributed by atoms with Gasteiger partial charge >= 0.3 is 5.69 Å². The van der Waals surface area contributed by atoms with Gasteiger partial charge in [0.25, 0.3) is 0 Å². The summed E-state index contributed by atoms with van der Waals surface area (Å²) < 4.78 is 4.38. The van der Waals surface area contributed by atoms with Gasteiger partial charge in [0.1, 0.15) is 0 Å². The van der Waals surface area contributed by atoms with E-state index in [4.69, 9.17) is 11.6 Å². The van der Waals surface area contributed by atoms with Crippen LogP contribution in [0.4, 0.5) is 0 Å². The molecule has 2 aliphatic rings. The number of hydrogen-bond acceptors (Lipinski definition) is 1. The Balaban J connectivity index is 1.79. The predicted molar refractivity (Wildman–Crippen MR) is 88.8 cm³/mol. The molecule has 3 unspecified atom stereocenters. The highest BCUT2D eigenvalue weighted by atomic mass is 79.9. The second-order valence-corrected chi connectivity index (χ2v) is 7.98. The highest BCUT2D eigenvalue weighted by Gasteiger charge is 2.48. The molecule has 0 radical (unpaired) electrons. The maximum atomic E-state index is 12.1. The van der Waals surface area contributed by atoms with Crippen LogP contribution < -0.4 is 5.69 Å². The van der Waals surface area contributed by atoms with E-state index < -0.39 is 0 Å². The minimum absolute atomic E-state index is 0.00211. The van der Waals surface area contributed by atoms with Crippen LogP contribution in [0.2, 0.25) is 0 Å². The molecule has 2 saturated carbocycles. The summed E-state index contributed by atoms with van der Waals surface area (Å²) in [6.45, 7) is 0. The van der Waals surface area contributed by atoms with Gasteiger partial charge in [0.05, 0.1) is 16.4 Å². The van der Waals surface area contributed by atoms with Crippen molar-refractivity contribution < 1.29 is 0 Å². The van der Waals surface area contributed by atoms with E-state index >= 15 is 0 Å². The van der Waals surface area contributed by atoms with Gasteiger partial charge in [-0.05, 0) is 54.7 Å². The largest absolute Gasteiger partial charge is 0.328 e. The molecule has 3 atom stereocenters. The topological polar surface area (TPSA) is 26.9 Å². The number of hydrogen-bond donors (Lipinski definition) is 0. The molecule has 0 bridgehead atoms. The van der Waals surface area contributed by atoms with Crippen molar-refractivity contribution in [2.24, 2.45) is 31.8 Å². The summed E-state index contributed by atoms with van der Waals surface area (Å²) in [5.74, 6) is 2.43. The Morgan fingerprint density at radius 1 is 1.14 bits per heavy atom. The van der Waals surface area contributed by atoms with Crippen molar-refractivity contribution in [3.05, 3.63) is 32.7 Å². The van der Waals surface area contributed by atoms with Crippen molar-refractivity contribution in [3.8, 4) is 0 Å². The van der Waals surface area contributed by atoms with Gasteiger partial charge in [-0.15, -0.1) is 11.6 Å². The highest BCUT2D eigenvalue weighted by molar-refractivity contribution is 9.10. The number of benzene rings is 1. The number of aryl methyl sites for hydroxylation is 2. The highest BCUT2D eigenvalue weighted by Crippen LogP contribution is 2.58. The van der Waals surface area contributed by atoms with Gasteiger partial charge in [-0.25, -0.2) is 4.79 Å². The van der Waals surface area contributed by atoms with Gasteiger partial charge in [-0.3, -0.25) is 9.13 Å². The maximum absolute atomic E-state index is 12.1. The average molecular weight is 370 g/mol. The maximum Gasteiger partial charge on any atom is 0.328 e. The molecule has 4 rings (SSSR count). The fraction of sp³-hybridized carbons (Fsp3) is 0.562. The monoisotopic (exact) mass is 368 g/mol. The Labute approximate surface area is 137 Å². The normalized spacial score (nSPS) is 28.9. The van der Waals surface area contributed by atoms with Gasteiger partial charge in [0.15, 0.2) is 0 Å². The second-order valence-electron chi connectivity index (χ2n) is 6.65. The van der Waals surface area contributed by atoms with Gasteiger partial charge in [-0.1, -0.05) is 15.9 Å².